The molecule has 1 aromatic carbocycles. The molecule has 2 N–H and O–H groups in total. The van der Waals surface area contributed by atoms with E-state index in [0.29, 0.717) is 24.3 Å². The summed E-state index contributed by atoms with van der Waals surface area (Å²) in [6, 6.07) is 2.73. The van der Waals surface area contributed by atoms with Crippen molar-refractivity contribution < 1.29 is 36.6 Å². The topological polar surface area (TPSA) is 40.5 Å². The first kappa shape index (κ1) is 14.8. The maximum Gasteiger partial charge on any atom is 0.418 e. The minimum absolute atomic E-state index is 0.597. The van der Waals surface area contributed by atoms with E-state index in [1.165, 1.54) is 0 Å². The Morgan fingerprint density at radius 1 is 0.667 bits per heavy atom. The summed E-state index contributed by atoms with van der Waals surface area (Å²) in [5, 5.41) is 17.7. The van der Waals surface area contributed by atoms with Crippen LogP contribution in [-0.4, -0.2) is 22.6 Å². The van der Waals surface area contributed by atoms with Gasteiger partial charge in [-0.05, 0) is 11.1 Å². The third-order valence-electron chi connectivity index (χ3n) is 2.19. The molecular weight excluding hydrogens is 266 g/mol. The smallest absolute Gasteiger partial charge is 0.379 e. The normalized spacial score (nSPS) is 16.4. The SMILES string of the molecule is O[C@@H](c1ccc([C@H](O)C(F)(F)F)cc1)C(F)(F)F. The first-order valence-electron chi connectivity index (χ1n) is 4.63. The molecule has 0 aliphatic heterocycles. The summed E-state index contributed by atoms with van der Waals surface area (Å²) in [7, 11) is 0. The Hall–Kier alpha value is -1.28. The van der Waals surface area contributed by atoms with Crippen molar-refractivity contribution in [1.29, 1.82) is 0 Å². The molecule has 0 bridgehead atoms. The minimum Gasteiger partial charge on any atom is -0.379 e. The average Bonchev–Trinajstić information content (AvgIpc) is 2.25. The quantitative estimate of drug-likeness (QED) is 0.814. The zero-order valence-corrected chi connectivity index (χ0v) is 8.63. The predicted molar refractivity (Wildman–Crippen MR) is 48.5 cm³/mol. The standard InChI is InChI=1S/C10H8F6O2/c11-9(12,13)7(17)5-1-2-6(4-3-5)8(18)10(14,15)16/h1-4,7-8,17-18H/t7-,8-/m0/s1. The third-order valence-corrected chi connectivity index (χ3v) is 2.19. The van der Waals surface area contributed by atoms with Crippen molar-refractivity contribution in [2.45, 2.75) is 24.6 Å². The molecule has 0 unspecified atom stereocenters. The maximum atomic E-state index is 12.1. The van der Waals surface area contributed by atoms with Crippen molar-refractivity contribution in [2.24, 2.45) is 0 Å². The number of hydrogen-bond acceptors (Lipinski definition) is 2. The summed E-state index contributed by atoms with van der Waals surface area (Å²) in [5.41, 5.74) is -1.19. The largest absolute Gasteiger partial charge is 0.418 e. The Morgan fingerprint density at radius 3 is 1.06 bits per heavy atom. The number of alkyl halides is 6. The highest BCUT2D eigenvalue weighted by atomic mass is 19.4. The van der Waals surface area contributed by atoms with Crippen LogP contribution in [0.4, 0.5) is 26.3 Å². The molecule has 8 heteroatoms. The Morgan fingerprint density at radius 2 is 0.889 bits per heavy atom. The molecule has 0 saturated heterocycles. The van der Waals surface area contributed by atoms with Gasteiger partial charge in [0.15, 0.2) is 12.2 Å². The van der Waals surface area contributed by atoms with Crippen LogP contribution in [0.2, 0.25) is 0 Å². The molecule has 0 aliphatic rings. The van der Waals surface area contributed by atoms with E-state index < -0.39 is 35.7 Å². The fourth-order valence-corrected chi connectivity index (χ4v) is 1.24. The van der Waals surface area contributed by atoms with Crippen molar-refractivity contribution in [1.82, 2.24) is 0 Å². The molecule has 0 saturated carbocycles. The van der Waals surface area contributed by atoms with Crippen LogP contribution >= 0.6 is 0 Å². The van der Waals surface area contributed by atoms with Gasteiger partial charge >= 0.3 is 12.4 Å². The molecule has 0 aromatic heterocycles. The first-order chi connectivity index (χ1) is 8.03. The van der Waals surface area contributed by atoms with Crippen molar-refractivity contribution in [3.05, 3.63) is 35.4 Å². The van der Waals surface area contributed by atoms with Crippen LogP contribution < -0.4 is 0 Å². The van der Waals surface area contributed by atoms with Crippen molar-refractivity contribution in [3.8, 4) is 0 Å². The van der Waals surface area contributed by atoms with Gasteiger partial charge in [0, 0.05) is 0 Å². The second kappa shape index (κ2) is 4.77. The van der Waals surface area contributed by atoms with Crippen LogP contribution in [0.15, 0.2) is 24.3 Å². The zero-order valence-electron chi connectivity index (χ0n) is 8.63. The van der Waals surface area contributed by atoms with Gasteiger partial charge in [-0.25, -0.2) is 0 Å². The third kappa shape index (κ3) is 3.36. The van der Waals surface area contributed by atoms with Crippen molar-refractivity contribution >= 4 is 0 Å². The van der Waals surface area contributed by atoms with Gasteiger partial charge in [0.25, 0.3) is 0 Å². The van der Waals surface area contributed by atoms with E-state index in [4.69, 9.17) is 10.2 Å². The number of aliphatic hydroxyl groups is 2. The molecule has 0 heterocycles. The zero-order chi connectivity index (χ0) is 14.1. The van der Waals surface area contributed by atoms with Gasteiger partial charge in [0.2, 0.25) is 0 Å². The summed E-state index contributed by atoms with van der Waals surface area (Å²) in [6.07, 6.45) is -15.3. The highest BCUT2D eigenvalue weighted by Gasteiger charge is 2.41. The highest BCUT2D eigenvalue weighted by Crippen LogP contribution is 2.35. The summed E-state index contributed by atoms with van der Waals surface area (Å²) in [4.78, 5) is 0. The Kier molecular flexibility index (Phi) is 3.92. The summed E-state index contributed by atoms with van der Waals surface area (Å²) in [5.74, 6) is 0. The minimum atomic E-state index is -4.90. The van der Waals surface area contributed by atoms with Crippen LogP contribution in [0.1, 0.15) is 23.3 Å². The second-order valence-corrected chi connectivity index (χ2v) is 3.55. The van der Waals surface area contributed by atoms with Crippen LogP contribution in [0.5, 0.6) is 0 Å². The molecule has 1 aromatic rings. The van der Waals surface area contributed by atoms with Crippen LogP contribution in [0.25, 0.3) is 0 Å². The lowest BCUT2D eigenvalue weighted by molar-refractivity contribution is -0.208. The summed E-state index contributed by atoms with van der Waals surface area (Å²) in [6.45, 7) is 0. The molecule has 0 aliphatic carbocycles. The number of hydrogen-bond donors (Lipinski definition) is 2. The molecule has 102 valence electrons. The molecule has 0 radical (unpaired) electrons. The van der Waals surface area contributed by atoms with Gasteiger partial charge in [-0.15, -0.1) is 0 Å². The molecule has 2 nitrogen and oxygen atoms in total. The Bertz CT molecular complexity index is 355. The fourth-order valence-electron chi connectivity index (χ4n) is 1.24. The van der Waals surface area contributed by atoms with Crippen LogP contribution in [-0.2, 0) is 0 Å². The van der Waals surface area contributed by atoms with Crippen molar-refractivity contribution in [3.63, 3.8) is 0 Å². The second-order valence-electron chi connectivity index (χ2n) is 3.55. The first-order valence-corrected chi connectivity index (χ1v) is 4.63. The van der Waals surface area contributed by atoms with Gasteiger partial charge < -0.3 is 10.2 Å². The number of benzene rings is 1. The van der Waals surface area contributed by atoms with E-state index in [2.05, 4.69) is 0 Å². The molecule has 18 heavy (non-hydrogen) atoms. The number of rotatable bonds is 2. The van der Waals surface area contributed by atoms with E-state index in [0.717, 1.165) is 0 Å². The van der Waals surface area contributed by atoms with E-state index in [1.807, 2.05) is 0 Å². The molecule has 0 amide bonds. The van der Waals surface area contributed by atoms with Gasteiger partial charge in [-0.3, -0.25) is 0 Å². The van der Waals surface area contributed by atoms with E-state index >= 15 is 0 Å². The average molecular weight is 274 g/mol. The van der Waals surface area contributed by atoms with E-state index in [9.17, 15) is 26.3 Å². The highest BCUT2D eigenvalue weighted by molar-refractivity contribution is 5.27. The molecule has 0 fully saturated rings. The van der Waals surface area contributed by atoms with Crippen LogP contribution in [0, 0.1) is 0 Å². The molecular formula is C10H8F6O2. The number of aliphatic hydroxyl groups excluding tert-OH is 2. The van der Waals surface area contributed by atoms with Crippen molar-refractivity contribution in [2.75, 3.05) is 0 Å². The lowest BCUT2D eigenvalue weighted by Gasteiger charge is -2.17. The van der Waals surface area contributed by atoms with E-state index in [1.54, 1.807) is 0 Å². The van der Waals surface area contributed by atoms with Gasteiger partial charge in [0.1, 0.15) is 0 Å². The molecule has 1 rings (SSSR count). The summed E-state index contributed by atoms with van der Waals surface area (Å²) < 4.78 is 72.6. The van der Waals surface area contributed by atoms with Gasteiger partial charge in [-0.2, -0.15) is 26.3 Å². The Labute approximate surface area is 97.5 Å². The maximum absolute atomic E-state index is 12.1. The van der Waals surface area contributed by atoms with Gasteiger partial charge in [-0.1, -0.05) is 24.3 Å². The Balaban J connectivity index is 2.94. The molecule has 2 atom stereocenters. The number of halogens is 6. The lowest BCUT2D eigenvalue weighted by Crippen LogP contribution is -2.21. The lowest BCUT2D eigenvalue weighted by atomic mass is 10.0. The molecule has 0 spiro atoms. The van der Waals surface area contributed by atoms with Gasteiger partial charge in [0.05, 0.1) is 0 Å². The monoisotopic (exact) mass is 274 g/mol. The predicted octanol–water partition coefficient (Wildman–Crippen LogP) is 2.88. The fraction of sp³-hybridized carbons (Fsp3) is 0.400. The van der Waals surface area contributed by atoms with E-state index in [-0.39, 0.29) is 0 Å². The summed E-state index contributed by atoms with van der Waals surface area (Å²) >= 11 is 0. The van der Waals surface area contributed by atoms with Crippen LogP contribution in [0.3, 0.4) is 0 Å².